The third-order valence-corrected chi connectivity index (χ3v) is 4.75. The zero-order valence-electron chi connectivity index (χ0n) is 15.3. The fourth-order valence-corrected chi connectivity index (χ4v) is 3.26. The molecule has 2 aromatic rings. The molecule has 0 spiro atoms. The Morgan fingerprint density at radius 2 is 1.85 bits per heavy atom. The number of carbonyl (C=O) groups excluding carboxylic acids is 2. The average molecular weight is 369 g/mol. The van der Waals surface area contributed by atoms with Crippen molar-refractivity contribution in [1.29, 1.82) is 0 Å². The normalized spacial score (nSPS) is 18.1. The SMILES string of the molecule is CN1CC[C@@H](NC(=O)[C@H](Cc2ccccc2)NC(=O)c2ccc(F)cc2)C1. The molecule has 142 valence electrons. The zero-order valence-corrected chi connectivity index (χ0v) is 15.3. The third-order valence-electron chi connectivity index (χ3n) is 4.75. The maximum atomic E-state index is 13.1. The largest absolute Gasteiger partial charge is 0.350 e. The van der Waals surface area contributed by atoms with Gasteiger partial charge in [0.25, 0.3) is 5.91 Å². The molecule has 2 amide bonds. The van der Waals surface area contributed by atoms with Gasteiger partial charge in [0, 0.05) is 24.6 Å². The van der Waals surface area contributed by atoms with Crippen LogP contribution in [0.5, 0.6) is 0 Å². The molecule has 27 heavy (non-hydrogen) atoms. The molecule has 2 N–H and O–H groups in total. The van der Waals surface area contributed by atoms with Crippen molar-refractivity contribution in [2.75, 3.05) is 20.1 Å². The maximum absolute atomic E-state index is 13.1. The first-order valence-electron chi connectivity index (χ1n) is 9.10. The van der Waals surface area contributed by atoms with E-state index in [1.54, 1.807) is 0 Å². The van der Waals surface area contributed by atoms with Crippen LogP contribution in [0, 0.1) is 5.82 Å². The molecule has 2 aromatic carbocycles. The Labute approximate surface area is 158 Å². The van der Waals surface area contributed by atoms with Crippen molar-refractivity contribution in [2.45, 2.75) is 24.9 Å². The number of halogens is 1. The molecule has 0 aliphatic carbocycles. The number of likely N-dealkylation sites (N-methyl/N-ethyl adjacent to an activating group) is 1. The summed E-state index contributed by atoms with van der Waals surface area (Å²) in [6, 6.07) is 14.2. The lowest BCUT2D eigenvalue weighted by molar-refractivity contribution is -0.123. The summed E-state index contributed by atoms with van der Waals surface area (Å²) in [5.74, 6) is -1.00. The Balaban J connectivity index is 1.71. The molecule has 0 unspecified atom stereocenters. The van der Waals surface area contributed by atoms with Crippen LogP contribution in [0.2, 0.25) is 0 Å². The van der Waals surface area contributed by atoms with E-state index < -0.39 is 17.8 Å². The summed E-state index contributed by atoms with van der Waals surface area (Å²) in [5, 5.41) is 5.84. The molecule has 3 rings (SSSR count). The molecule has 1 aliphatic rings. The van der Waals surface area contributed by atoms with Gasteiger partial charge < -0.3 is 15.5 Å². The van der Waals surface area contributed by atoms with Crippen LogP contribution in [-0.2, 0) is 11.2 Å². The zero-order chi connectivity index (χ0) is 19.2. The second-order valence-corrected chi connectivity index (χ2v) is 6.98. The van der Waals surface area contributed by atoms with Gasteiger partial charge in [0.05, 0.1) is 0 Å². The van der Waals surface area contributed by atoms with Gasteiger partial charge >= 0.3 is 0 Å². The van der Waals surface area contributed by atoms with Crippen molar-refractivity contribution >= 4 is 11.8 Å². The van der Waals surface area contributed by atoms with E-state index in [1.165, 1.54) is 24.3 Å². The number of carbonyl (C=O) groups is 2. The van der Waals surface area contributed by atoms with Gasteiger partial charge in [-0.1, -0.05) is 30.3 Å². The lowest BCUT2D eigenvalue weighted by Crippen LogP contribution is -2.51. The fourth-order valence-electron chi connectivity index (χ4n) is 3.26. The summed E-state index contributed by atoms with van der Waals surface area (Å²) in [6.45, 7) is 1.74. The van der Waals surface area contributed by atoms with Gasteiger partial charge in [0.15, 0.2) is 0 Å². The third kappa shape index (κ3) is 5.37. The molecular formula is C21H24FN3O2. The number of amides is 2. The summed E-state index contributed by atoms with van der Waals surface area (Å²) >= 11 is 0. The molecule has 1 fully saturated rings. The van der Waals surface area contributed by atoms with Gasteiger partial charge in [0.2, 0.25) is 5.91 Å². The lowest BCUT2D eigenvalue weighted by Gasteiger charge is -2.21. The minimum atomic E-state index is -0.698. The van der Waals surface area contributed by atoms with Crippen molar-refractivity contribution in [3.05, 3.63) is 71.5 Å². The molecule has 0 aromatic heterocycles. The molecule has 6 heteroatoms. The highest BCUT2D eigenvalue weighted by molar-refractivity contribution is 5.97. The highest BCUT2D eigenvalue weighted by atomic mass is 19.1. The van der Waals surface area contributed by atoms with E-state index >= 15 is 0 Å². The monoisotopic (exact) mass is 369 g/mol. The van der Waals surface area contributed by atoms with Crippen LogP contribution in [0.15, 0.2) is 54.6 Å². The Morgan fingerprint density at radius 3 is 2.48 bits per heavy atom. The van der Waals surface area contributed by atoms with Crippen LogP contribution in [0.3, 0.4) is 0 Å². The number of benzene rings is 2. The van der Waals surface area contributed by atoms with E-state index in [0.29, 0.717) is 12.0 Å². The van der Waals surface area contributed by atoms with Crippen molar-refractivity contribution in [2.24, 2.45) is 0 Å². The van der Waals surface area contributed by atoms with Crippen LogP contribution in [-0.4, -0.2) is 48.9 Å². The maximum Gasteiger partial charge on any atom is 0.251 e. The van der Waals surface area contributed by atoms with Gasteiger partial charge in [-0.25, -0.2) is 4.39 Å². The number of nitrogens with one attached hydrogen (secondary N) is 2. The summed E-state index contributed by atoms with van der Waals surface area (Å²) < 4.78 is 13.1. The van der Waals surface area contributed by atoms with Crippen LogP contribution < -0.4 is 10.6 Å². The molecule has 1 heterocycles. The second-order valence-electron chi connectivity index (χ2n) is 6.98. The van der Waals surface area contributed by atoms with Crippen molar-refractivity contribution in [3.63, 3.8) is 0 Å². The average Bonchev–Trinajstić information content (AvgIpc) is 3.07. The van der Waals surface area contributed by atoms with Crippen LogP contribution in [0.25, 0.3) is 0 Å². The van der Waals surface area contributed by atoms with E-state index in [0.717, 1.165) is 25.1 Å². The quantitative estimate of drug-likeness (QED) is 0.819. The topological polar surface area (TPSA) is 61.4 Å². The Bertz CT molecular complexity index is 780. The molecule has 0 radical (unpaired) electrons. The van der Waals surface area contributed by atoms with E-state index in [9.17, 15) is 14.0 Å². The van der Waals surface area contributed by atoms with Gasteiger partial charge in [-0.15, -0.1) is 0 Å². The first kappa shape index (κ1) is 19.0. The summed E-state index contributed by atoms with van der Waals surface area (Å²) in [6.07, 6.45) is 1.29. The van der Waals surface area contributed by atoms with E-state index in [4.69, 9.17) is 0 Å². The highest BCUT2D eigenvalue weighted by Crippen LogP contribution is 2.10. The Kier molecular flexibility index (Phi) is 6.19. The number of hydrogen-bond donors (Lipinski definition) is 2. The molecule has 0 bridgehead atoms. The first-order valence-corrected chi connectivity index (χ1v) is 9.10. The second kappa shape index (κ2) is 8.77. The predicted octanol–water partition coefficient (Wildman–Crippen LogP) is 1.99. The van der Waals surface area contributed by atoms with E-state index in [1.807, 2.05) is 37.4 Å². The number of rotatable bonds is 6. The molecular weight excluding hydrogens is 345 g/mol. The van der Waals surface area contributed by atoms with Crippen LogP contribution in [0.1, 0.15) is 22.3 Å². The fraction of sp³-hybridized carbons (Fsp3) is 0.333. The summed E-state index contributed by atoms with van der Waals surface area (Å²) in [7, 11) is 2.02. The molecule has 0 saturated carbocycles. The molecule has 1 aliphatic heterocycles. The van der Waals surface area contributed by atoms with Crippen molar-refractivity contribution < 1.29 is 14.0 Å². The van der Waals surface area contributed by atoms with E-state index in [-0.39, 0.29) is 11.9 Å². The van der Waals surface area contributed by atoms with Gasteiger partial charge in [-0.2, -0.15) is 0 Å². The molecule has 1 saturated heterocycles. The van der Waals surface area contributed by atoms with E-state index in [2.05, 4.69) is 15.5 Å². The molecule has 2 atom stereocenters. The van der Waals surface area contributed by atoms with Crippen molar-refractivity contribution in [1.82, 2.24) is 15.5 Å². The minimum Gasteiger partial charge on any atom is -0.350 e. The smallest absolute Gasteiger partial charge is 0.251 e. The van der Waals surface area contributed by atoms with Crippen LogP contribution >= 0.6 is 0 Å². The highest BCUT2D eigenvalue weighted by Gasteiger charge is 2.27. The Hall–Kier alpha value is -2.73. The minimum absolute atomic E-state index is 0.0866. The molecule has 5 nitrogen and oxygen atoms in total. The Morgan fingerprint density at radius 1 is 1.15 bits per heavy atom. The summed E-state index contributed by atoms with van der Waals surface area (Å²) in [5.41, 5.74) is 1.28. The standard InChI is InChI=1S/C21H24FN3O2/c1-25-12-11-18(14-25)23-21(27)19(13-15-5-3-2-4-6-15)24-20(26)16-7-9-17(22)10-8-16/h2-10,18-19H,11-14H2,1H3,(H,23,27)(H,24,26)/t18-,19+/m1/s1. The number of likely N-dealkylation sites (tertiary alicyclic amines) is 1. The van der Waals surface area contributed by atoms with Gasteiger partial charge in [0.1, 0.15) is 11.9 Å². The first-order chi connectivity index (χ1) is 13.0. The van der Waals surface area contributed by atoms with Crippen LogP contribution in [0.4, 0.5) is 4.39 Å². The van der Waals surface area contributed by atoms with Crippen molar-refractivity contribution in [3.8, 4) is 0 Å². The number of hydrogen-bond acceptors (Lipinski definition) is 3. The summed E-state index contributed by atoms with van der Waals surface area (Å²) in [4.78, 5) is 27.5. The van der Waals surface area contributed by atoms with Gasteiger partial charge in [-0.05, 0) is 49.8 Å². The van der Waals surface area contributed by atoms with Gasteiger partial charge in [-0.3, -0.25) is 9.59 Å². The predicted molar refractivity (Wildman–Crippen MR) is 102 cm³/mol. The number of nitrogens with zero attached hydrogens (tertiary/aromatic N) is 1. The lowest BCUT2D eigenvalue weighted by atomic mass is 10.0.